The standard InChI is InChI=1S/C19H29N3O4S.ClH/c1-13(2)12-21-17(23)15-5-6-16(14(3)11-15)22-18(24)19(27(4,25)26)7-9-20-10-8-19;/h5-6,11,13,20H,7-10,12H2,1-4H3,(H,21,23)(H,22,24);1H. The van der Waals surface area contributed by atoms with Crippen LogP contribution in [0.4, 0.5) is 5.69 Å². The highest BCUT2D eigenvalue weighted by atomic mass is 35.5. The van der Waals surface area contributed by atoms with E-state index in [-0.39, 0.29) is 31.2 Å². The first-order chi connectivity index (χ1) is 12.6. The number of hydrogen-bond donors (Lipinski definition) is 3. The van der Waals surface area contributed by atoms with Crippen molar-refractivity contribution in [1.82, 2.24) is 10.6 Å². The first-order valence-electron chi connectivity index (χ1n) is 9.17. The van der Waals surface area contributed by atoms with Gasteiger partial charge in [-0.3, -0.25) is 9.59 Å². The summed E-state index contributed by atoms with van der Waals surface area (Å²) in [6.07, 6.45) is 1.60. The van der Waals surface area contributed by atoms with E-state index in [1.165, 1.54) is 0 Å². The average molecular weight is 432 g/mol. The van der Waals surface area contributed by atoms with Gasteiger partial charge in [-0.25, -0.2) is 8.42 Å². The van der Waals surface area contributed by atoms with Gasteiger partial charge in [-0.2, -0.15) is 0 Å². The van der Waals surface area contributed by atoms with Gasteiger partial charge in [0, 0.05) is 24.1 Å². The summed E-state index contributed by atoms with van der Waals surface area (Å²) < 4.78 is 23.3. The van der Waals surface area contributed by atoms with Crippen molar-refractivity contribution in [2.45, 2.75) is 38.4 Å². The number of benzene rings is 1. The van der Waals surface area contributed by atoms with E-state index in [0.717, 1.165) is 6.26 Å². The van der Waals surface area contributed by atoms with Gasteiger partial charge in [-0.1, -0.05) is 13.8 Å². The Morgan fingerprint density at radius 3 is 2.32 bits per heavy atom. The molecule has 0 saturated carbocycles. The highest BCUT2D eigenvalue weighted by molar-refractivity contribution is 7.92. The first kappa shape index (κ1) is 24.4. The predicted molar refractivity (Wildman–Crippen MR) is 114 cm³/mol. The molecule has 158 valence electrons. The van der Waals surface area contributed by atoms with Crippen molar-refractivity contribution in [2.24, 2.45) is 5.92 Å². The fourth-order valence-corrected chi connectivity index (χ4v) is 4.51. The molecule has 2 amide bonds. The summed E-state index contributed by atoms with van der Waals surface area (Å²) in [5.74, 6) is -0.326. The highest BCUT2D eigenvalue weighted by Crippen LogP contribution is 2.30. The lowest BCUT2D eigenvalue weighted by molar-refractivity contribution is -0.119. The van der Waals surface area contributed by atoms with Crippen molar-refractivity contribution in [3.8, 4) is 0 Å². The van der Waals surface area contributed by atoms with Crippen LogP contribution >= 0.6 is 12.4 Å². The van der Waals surface area contributed by atoms with Gasteiger partial charge in [-0.15, -0.1) is 12.4 Å². The molecule has 0 aliphatic carbocycles. The van der Waals surface area contributed by atoms with Gasteiger partial charge in [0.25, 0.3) is 5.91 Å². The molecule has 0 radical (unpaired) electrons. The summed E-state index contributed by atoms with van der Waals surface area (Å²) in [6.45, 7) is 7.36. The second-order valence-corrected chi connectivity index (χ2v) is 9.93. The fourth-order valence-electron chi connectivity index (χ4n) is 3.18. The van der Waals surface area contributed by atoms with E-state index in [1.54, 1.807) is 25.1 Å². The molecule has 1 fully saturated rings. The van der Waals surface area contributed by atoms with Gasteiger partial charge in [0.15, 0.2) is 14.6 Å². The summed E-state index contributed by atoms with van der Waals surface area (Å²) in [5.41, 5.74) is 1.73. The molecule has 0 spiro atoms. The van der Waals surface area contributed by atoms with Crippen LogP contribution in [0.2, 0.25) is 0 Å². The second-order valence-electron chi connectivity index (χ2n) is 7.60. The van der Waals surface area contributed by atoms with Crippen molar-refractivity contribution in [3.63, 3.8) is 0 Å². The van der Waals surface area contributed by atoms with E-state index in [2.05, 4.69) is 16.0 Å². The highest BCUT2D eigenvalue weighted by Gasteiger charge is 2.48. The Kier molecular flexibility index (Phi) is 8.46. The molecule has 1 heterocycles. The lowest BCUT2D eigenvalue weighted by atomic mass is 9.95. The maximum absolute atomic E-state index is 12.9. The van der Waals surface area contributed by atoms with Gasteiger partial charge >= 0.3 is 0 Å². The summed E-state index contributed by atoms with van der Waals surface area (Å²) in [5, 5.41) is 8.71. The van der Waals surface area contributed by atoms with E-state index in [4.69, 9.17) is 0 Å². The monoisotopic (exact) mass is 431 g/mol. The van der Waals surface area contributed by atoms with E-state index in [9.17, 15) is 18.0 Å². The number of anilines is 1. The summed E-state index contributed by atoms with van der Waals surface area (Å²) in [6, 6.07) is 4.98. The van der Waals surface area contributed by atoms with Crippen LogP contribution in [0, 0.1) is 12.8 Å². The molecule has 0 bridgehead atoms. The van der Waals surface area contributed by atoms with Crippen molar-refractivity contribution in [2.75, 3.05) is 31.2 Å². The number of hydrogen-bond acceptors (Lipinski definition) is 5. The van der Waals surface area contributed by atoms with Crippen LogP contribution < -0.4 is 16.0 Å². The van der Waals surface area contributed by atoms with Crippen molar-refractivity contribution < 1.29 is 18.0 Å². The van der Waals surface area contributed by atoms with Crippen LogP contribution in [0.15, 0.2) is 18.2 Å². The molecule has 0 aromatic heterocycles. The Morgan fingerprint density at radius 1 is 1.21 bits per heavy atom. The SMILES string of the molecule is Cc1cc(C(=O)NCC(C)C)ccc1NC(=O)C1(S(C)(=O)=O)CCNCC1.Cl. The number of sulfone groups is 1. The van der Waals surface area contributed by atoms with E-state index in [1.807, 2.05) is 13.8 Å². The minimum absolute atomic E-state index is 0. The Bertz CT molecular complexity index is 818. The number of nitrogens with one attached hydrogen (secondary N) is 3. The number of carbonyl (C=O) groups is 2. The molecule has 1 aromatic rings. The normalized spacial score (nSPS) is 16.2. The van der Waals surface area contributed by atoms with E-state index < -0.39 is 20.5 Å². The molecule has 1 saturated heterocycles. The molecule has 1 aromatic carbocycles. The minimum Gasteiger partial charge on any atom is -0.352 e. The Balaban J connectivity index is 0.00000392. The molecular formula is C19H30ClN3O4S. The molecular weight excluding hydrogens is 402 g/mol. The molecule has 0 unspecified atom stereocenters. The maximum atomic E-state index is 12.9. The molecule has 2 rings (SSSR count). The summed E-state index contributed by atoms with van der Waals surface area (Å²) in [4.78, 5) is 25.1. The van der Waals surface area contributed by atoms with Crippen LogP contribution in [-0.4, -0.2) is 50.9 Å². The topological polar surface area (TPSA) is 104 Å². The van der Waals surface area contributed by atoms with Crippen LogP contribution in [0.1, 0.15) is 42.6 Å². The molecule has 9 heteroatoms. The number of piperidine rings is 1. The minimum atomic E-state index is -3.57. The van der Waals surface area contributed by atoms with Crippen LogP contribution in [0.3, 0.4) is 0 Å². The zero-order chi connectivity index (χ0) is 20.2. The molecule has 28 heavy (non-hydrogen) atoms. The summed E-state index contributed by atoms with van der Waals surface area (Å²) >= 11 is 0. The van der Waals surface area contributed by atoms with Gasteiger partial charge in [0.2, 0.25) is 5.91 Å². The number of rotatable bonds is 6. The van der Waals surface area contributed by atoms with Crippen LogP contribution in [-0.2, 0) is 14.6 Å². The third kappa shape index (κ3) is 5.46. The number of halogens is 1. The van der Waals surface area contributed by atoms with Gasteiger partial charge < -0.3 is 16.0 Å². The summed E-state index contributed by atoms with van der Waals surface area (Å²) in [7, 11) is -3.57. The smallest absolute Gasteiger partial charge is 0.251 e. The number of aryl methyl sites for hydroxylation is 1. The van der Waals surface area contributed by atoms with Crippen molar-refractivity contribution >= 4 is 39.7 Å². The zero-order valence-corrected chi connectivity index (χ0v) is 18.4. The number of carbonyl (C=O) groups excluding carboxylic acids is 2. The molecule has 1 aliphatic rings. The van der Waals surface area contributed by atoms with Gasteiger partial charge in [0.05, 0.1) is 0 Å². The fraction of sp³-hybridized carbons (Fsp3) is 0.579. The van der Waals surface area contributed by atoms with Gasteiger partial charge in [-0.05, 0) is 62.5 Å². The lowest BCUT2D eigenvalue weighted by Gasteiger charge is -2.34. The third-order valence-electron chi connectivity index (χ3n) is 4.94. The lowest BCUT2D eigenvalue weighted by Crippen LogP contribution is -2.55. The molecule has 0 atom stereocenters. The Hall–Kier alpha value is -1.64. The second kappa shape index (κ2) is 9.71. The quantitative estimate of drug-likeness (QED) is 0.638. The Morgan fingerprint density at radius 2 is 1.82 bits per heavy atom. The van der Waals surface area contributed by atoms with Gasteiger partial charge in [0.1, 0.15) is 0 Å². The molecule has 1 aliphatic heterocycles. The Labute approximate surface area is 173 Å². The molecule has 7 nitrogen and oxygen atoms in total. The zero-order valence-electron chi connectivity index (χ0n) is 16.8. The largest absolute Gasteiger partial charge is 0.352 e. The first-order valence-corrected chi connectivity index (χ1v) is 11.1. The van der Waals surface area contributed by atoms with E-state index in [0.29, 0.717) is 42.4 Å². The molecule has 3 N–H and O–H groups in total. The van der Waals surface area contributed by atoms with E-state index >= 15 is 0 Å². The van der Waals surface area contributed by atoms with Crippen molar-refractivity contribution in [3.05, 3.63) is 29.3 Å². The van der Waals surface area contributed by atoms with Crippen LogP contribution in [0.5, 0.6) is 0 Å². The average Bonchev–Trinajstić information content (AvgIpc) is 2.60. The number of amides is 2. The maximum Gasteiger partial charge on any atom is 0.251 e. The third-order valence-corrected chi connectivity index (χ3v) is 6.96. The predicted octanol–water partition coefficient (Wildman–Crippen LogP) is 1.91. The van der Waals surface area contributed by atoms with Crippen molar-refractivity contribution in [1.29, 1.82) is 0 Å². The van der Waals surface area contributed by atoms with Crippen LogP contribution in [0.25, 0.3) is 0 Å².